The molecule has 104 valence electrons. The van der Waals surface area contributed by atoms with Crippen LogP contribution in [-0.4, -0.2) is 13.3 Å². The fourth-order valence-electron chi connectivity index (χ4n) is 1.70. The van der Waals surface area contributed by atoms with E-state index in [2.05, 4.69) is 0 Å². The molecule has 0 N–H and O–H groups in total. The van der Waals surface area contributed by atoms with Gasteiger partial charge in [-0.05, 0) is 30.2 Å². The lowest BCUT2D eigenvalue weighted by molar-refractivity contribution is 0.0917. The van der Waals surface area contributed by atoms with E-state index in [0.717, 1.165) is 11.1 Å². The first-order chi connectivity index (χ1) is 9.69. The zero-order chi connectivity index (χ0) is 14.4. The standard InChI is InChI=1S/C16H16O4/c1-12-8-9-14(18-2)15(10-12)20-16(17)19-11-13-6-4-3-5-7-13/h3-10H,11H2,1-2H3. The predicted octanol–water partition coefficient (Wildman–Crippen LogP) is 3.72. The van der Waals surface area contributed by atoms with Crippen LogP contribution in [0, 0.1) is 6.92 Å². The van der Waals surface area contributed by atoms with Crippen molar-refractivity contribution in [2.75, 3.05) is 7.11 Å². The monoisotopic (exact) mass is 272 g/mol. The second-order valence-electron chi connectivity index (χ2n) is 4.28. The Morgan fingerprint density at radius 3 is 2.50 bits per heavy atom. The van der Waals surface area contributed by atoms with Crippen molar-refractivity contribution in [3.8, 4) is 11.5 Å². The summed E-state index contributed by atoms with van der Waals surface area (Å²) in [4.78, 5) is 11.7. The van der Waals surface area contributed by atoms with E-state index < -0.39 is 6.16 Å². The lowest BCUT2D eigenvalue weighted by Gasteiger charge is -2.10. The van der Waals surface area contributed by atoms with Crippen LogP contribution in [0.3, 0.4) is 0 Å². The molecule has 0 aliphatic carbocycles. The minimum Gasteiger partial charge on any atom is -0.493 e. The maximum absolute atomic E-state index is 11.7. The molecule has 0 saturated heterocycles. The number of rotatable bonds is 4. The molecular formula is C16H16O4. The molecule has 2 aromatic carbocycles. The van der Waals surface area contributed by atoms with E-state index in [9.17, 15) is 4.79 Å². The molecule has 0 aromatic heterocycles. The number of carbonyl (C=O) groups is 1. The Hall–Kier alpha value is -2.49. The number of hydrogen-bond acceptors (Lipinski definition) is 4. The average Bonchev–Trinajstić information content (AvgIpc) is 2.46. The topological polar surface area (TPSA) is 44.8 Å². The molecule has 4 heteroatoms. The Kier molecular flexibility index (Phi) is 4.60. The van der Waals surface area contributed by atoms with Gasteiger partial charge < -0.3 is 14.2 Å². The van der Waals surface area contributed by atoms with Gasteiger partial charge in [0.25, 0.3) is 0 Å². The molecule has 0 atom stereocenters. The summed E-state index contributed by atoms with van der Waals surface area (Å²) in [5.74, 6) is 0.845. The molecule has 20 heavy (non-hydrogen) atoms. The lowest BCUT2D eigenvalue weighted by atomic mass is 10.2. The molecule has 0 aliphatic rings. The second-order valence-corrected chi connectivity index (χ2v) is 4.28. The lowest BCUT2D eigenvalue weighted by Crippen LogP contribution is -2.11. The van der Waals surface area contributed by atoms with Crippen molar-refractivity contribution in [1.82, 2.24) is 0 Å². The normalized spacial score (nSPS) is 9.90. The minimum absolute atomic E-state index is 0.174. The molecule has 0 bridgehead atoms. The highest BCUT2D eigenvalue weighted by Gasteiger charge is 2.11. The molecule has 0 radical (unpaired) electrons. The van der Waals surface area contributed by atoms with Crippen LogP contribution in [0.25, 0.3) is 0 Å². The van der Waals surface area contributed by atoms with Crippen LogP contribution in [0.2, 0.25) is 0 Å². The summed E-state index contributed by atoms with van der Waals surface area (Å²) in [5.41, 5.74) is 1.87. The molecule has 0 aliphatic heterocycles. The van der Waals surface area contributed by atoms with Crippen LogP contribution in [0.1, 0.15) is 11.1 Å². The van der Waals surface area contributed by atoms with Crippen LogP contribution >= 0.6 is 0 Å². The van der Waals surface area contributed by atoms with Gasteiger partial charge in [-0.1, -0.05) is 36.4 Å². The third kappa shape index (κ3) is 3.75. The first kappa shape index (κ1) is 13.9. The highest BCUT2D eigenvalue weighted by atomic mass is 16.7. The van der Waals surface area contributed by atoms with Crippen molar-refractivity contribution in [2.45, 2.75) is 13.5 Å². The first-order valence-electron chi connectivity index (χ1n) is 6.22. The highest BCUT2D eigenvalue weighted by molar-refractivity contribution is 5.65. The molecule has 0 amide bonds. The van der Waals surface area contributed by atoms with Crippen LogP contribution in [0.5, 0.6) is 11.5 Å². The van der Waals surface area contributed by atoms with Crippen LogP contribution in [0.15, 0.2) is 48.5 Å². The van der Waals surface area contributed by atoms with Crippen LogP contribution in [0.4, 0.5) is 4.79 Å². The SMILES string of the molecule is COc1ccc(C)cc1OC(=O)OCc1ccccc1. The zero-order valence-electron chi connectivity index (χ0n) is 11.5. The maximum atomic E-state index is 11.7. The molecule has 0 fully saturated rings. The number of benzene rings is 2. The van der Waals surface area contributed by atoms with E-state index in [1.165, 1.54) is 7.11 Å². The Labute approximate surface area is 117 Å². The van der Waals surface area contributed by atoms with Gasteiger partial charge in [-0.3, -0.25) is 0 Å². The molecule has 0 unspecified atom stereocenters. The zero-order valence-corrected chi connectivity index (χ0v) is 11.5. The Morgan fingerprint density at radius 1 is 1.05 bits per heavy atom. The third-order valence-corrected chi connectivity index (χ3v) is 2.71. The smallest absolute Gasteiger partial charge is 0.493 e. The van der Waals surface area contributed by atoms with Crippen molar-refractivity contribution < 1.29 is 19.0 Å². The van der Waals surface area contributed by atoms with Crippen LogP contribution in [-0.2, 0) is 11.3 Å². The summed E-state index contributed by atoms with van der Waals surface area (Å²) in [7, 11) is 1.52. The molecule has 4 nitrogen and oxygen atoms in total. The first-order valence-corrected chi connectivity index (χ1v) is 6.22. The minimum atomic E-state index is -0.752. The van der Waals surface area contributed by atoms with Gasteiger partial charge >= 0.3 is 6.16 Å². The number of aryl methyl sites for hydroxylation is 1. The molecular weight excluding hydrogens is 256 g/mol. The van der Waals surface area contributed by atoms with Crippen molar-refractivity contribution in [2.24, 2.45) is 0 Å². The number of methoxy groups -OCH3 is 1. The van der Waals surface area contributed by atoms with Gasteiger partial charge in [0.1, 0.15) is 6.61 Å². The summed E-state index contributed by atoms with van der Waals surface area (Å²) < 4.78 is 15.3. The number of carbonyl (C=O) groups excluding carboxylic acids is 1. The van der Waals surface area contributed by atoms with Gasteiger partial charge in [-0.25, -0.2) is 4.79 Å². The Morgan fingerprint density at radius 2 is 1.80 bits per heavy atom. The molecule has 0 saturated carbocycles. The Balaban J connectivity index is 1.96. The number of ether oxygens (including phenoxy) is 3. The Bertz CT molecular complexity index is 578. The summed E-state index contributed by atoms with van der Waals surface area (Å²) in [6.45, 7) is 2.08. The van der Waals surface area contributed by atoms with Crippen LogP contribution < -0.4 is 9.47 Å². The quantitative estimate of drug-likeness (QED) is 0.628. The maximum Gasteiger partial charge on any atom is 0.514 e. The van der Waals surface area contributed by atoms with Gasteiger partial charge in [-0.2, -0.15) is 0 Å². The van der Waals surface area contributed by atoms with Gasteiger partial charge in [0.2, 0.25) is 0 Å². The summed E-state index contributed by atoms with van der Waals surface area (Å²) >= 11 is 0. The second kappa shape index (κ2) is 6.61. The van der Waals surface area contributed by atoms with E-state index in [1.54, 1.807) is 12.1 Å². The number of hydrogen-bond donors (Lipinski definition) is 0. The molecule has 2 aromatic rings. The van der Waals surface area contributed by atoms with E-state index in [1.807, 2.05) is 43.3 Å². The third-order valence-electron chi connectivity index (χ3n) is 2.71. The van der Waals surface area contributed by atoms with Gasteiger partial charge in [0.05, 0.1) is 7.11 Å². The highest BCUT2D eigenvalue weighted by Crippen LogP contribution is 2.28. The van der Waals surface area contributed by atoms with E-state index in [-0.39, 0.29) is 6.61 Å². The van der Waals surface area contributed by atoms with E-state index in [4.69, 9.17) is 14.2 Å². The van der Waals surface area contributed by atoms with Crippen molar-refractivity contribution in [3.05, 3.63) is 59.7 Å². The van der Waals surface area contributed by atoms with Gasteiger partial charge in [0.15, 0.2) is 11.5 Å². The molecule has 2 rings (SSSR count). The van der Waals surface area contributed by atoms with Gasteiger partial charge in [0, 0.05) is 0 Å². The fourth-order valence-corrected chi connectivity index (χ4v) is 1.70. The van der Waals surface area contributed by atoms with Crippen molar-refractivity contribution >= 4 is 6.16 Å². The van der Waals surface area contributed by atoms with E-state index >= 15 is 0 Å². The van der Waals surface area contributed by atoms with Crippen molar-refractivity contribution in [3.63, 3.8) is 0 Å². The average molecular weight is 272 g/mol. The van der Waals surface area contributed by atoms with E-state index in [0.29, 0.717) is 11.5 Å². The summed E-state index contributed by atoms with van der Waals surface area (Å²) in [6, 6.07) is 14.8. The molecule has 0 heterocycles. The largest absolute Gasteiger partial charge is 0.514 e. The summed E-state index contributed by atoms with van der Waals surface area (Å²) in [6.07, 6.45) is -0.752. The van der Waals surface area contributed by atoms with Gasteiger partial charge in [-0.15, -0.1) is 0 Å². The fraction of sp³-hybridized carbons (Fsp3) is 0.188. The van der Waals surface area contributed by atoms with Crippen molar-refractivity contribution in [1.29, 1.82) is 0 Å². The summed E-state index contributed by atoms with van der Waals surface area (Å²) in [5, 5.41) is 0. The molecule has 0 spiro atoms. The predicted molar refractivity (Wildman–Crippen MR) is 75.0 cm³/mol.